The van der Waals surface area contributed by atoms with Gasteiger partial charge in [-0.3, -0.25) is 9.48 Å². The van der Waals surface area contributed by atoms with Gasteiger partial charge in [-0.15, -0.1) is 0 Å². The molecule has 1 aromatic heterocycles. The van der Waals surface area contributed by atoms with E-state index in [9.17, 15) is 4.79 Å². The van der Waals surface area contributed by atoms with Crippen molar-refractivity contribution in [3.63, 3.8) is 0 Å². The van der Waals surface area contributed by atoms with Crippen molar-refractivity contribution in [1.82, 2.24) is 14.7 Å². The fraction of sp³-hybridized carbons (Fsp3) is 0.714. The fourth-order valence-corrected chi connectivity index (χ4v) is 2.22. The number of amides is 1. The molecule has 114 valence electrons. The average molecular weight is 281 g/mol. The molecule has 0 saturated carbocycles. The smallest absolute Gasteiger partial charge is 0.241 e. The van der Waals surface area contributed by atoms with Gasteiger partial charge in [-0.25, -0.2) is 0 Å². The normalized spacial score (nSPS) is 10.7. The molecular formula is C14H27N5O. The van der Waals surface area contributed by atoms with Gasteiger partial charge < -0.3 is 15.5 Å². The van der Waals surface area contributed by atoms with Gasteiger partial charge in [-0.2, -0.15) is 5.10 Å². The number of likely N-dealkylation sites (N-methyl/N-ethyl adjacent to an activating group) is 1. The average Bonchev–Trinajstić information content (AvgIpc) is 2.64. The highest BCUT2D eigenvalue weighted by Crippen LogP contribution is 2.27. The van der Waals surface area contributed by atoms with Crippen LogP contribution in [0.4, 0.5) is 11.5 Å². The van der Waals surface area contributed by atoms with Crippen LogP contribution in [0.3, 0.4) is 0 Å². The molecule has 1 heterocycles. The van der Waals surface area contributed by atoms with E-state index >= 15 is 0 Å². The van der Waals surface area contributed by atoms with Crippen LogP contribution in [-0.2, 0) is 18.3 Å². The molecule has 2 N–H and O–H groups in total. The Balaban J connectivity index is 3.05. The summed E-state index contributed by atoms with van der Waals surface area (Å²) in [6, 6.07) is 0. The van der Waals surface area contributed by atoms with E-state index in [1.54, 1.807) is 23.7 Å². The van der Waals surface area contributed by atoms with Crippen LogP contribution in [0.15, 0.2) is 0 Å². The predicted molar refractivity (Wildman–Crippen MR) is 82.8 cm³/mol. The van der Waals surface area contributed by atoms with Gasteiger partial charge in [-0.05, 0) is 12.8 Å². The summed E-state index contributed by atoms with van der Waals surface area (Å²) in [6.45, 7) is 5.31. The number of hydrogen-bond donors (Lipinski definition) is 1. The lowest BCUT2D eigenvalue weighted by atomic mass is 10.2. The fourth-order valence-electron chi connectivity index (χ4n) is 2.22. The Labute approximate surface area is 121 Å². The van der Waals surface area contributed by atoms with Crippen LogP contribution in [0.1, 0.15) is 32.4 Å². The molecule has 0 aliphatic rings. The van der Waals surface area contributed by atoms with Crippen molar-refractivity contribution < 1.29 is 4.79 Å². The van der Waals surface area contributed by atoms with Gasteiger partial charge in [0.25, 0.3) is 0 Å². The summed E-state index contributed by atoms with van der Waals surface area (Å²) in [6.07, 6.45) is 2.82. The van der Waals surface area contributed by atoms with Crippen LogP contribution in [-0.4, -0.2) is 47.8 Å². The summed E-state index contributed by atoms with van der Waals surface area (Å²) in [7, 11) is 5.41. The minimum atomic E-state index is 0.0658. The second kappa shape index (κ2) is 7.17. The summed E-state index contributed by atoms with van der Waals surface area (Å²) in [5, 5.41) is 4.48. The molecule has 1 aromatic rings. The van der Waals surface area contributed by atoms with Crippen molar-refractivity contribution in [3.8, 4) is 0 Å². The van der Waals surface area contributed by atoms with Gasteiger partial charge in [0, 0.05) is 27.7 Å². The number of nitrogens with zero attached hydrogens (tertiary/aromatic N) is 4. The molecule has 0 bridgehead atoms. The first-order valence-corrected chi connectivity index (χ1v) is 7.18. The predicted octanol–water partition coefficient (Wildman–Crippen LogP) is 1.26. The second-order valence-corrected chi connectivity index (χ2v) is 5.27. The molecule has 0 fully saturated rings. The third-order valence-corrected chi connectivity index (χ3v) is 3.23. The Morgan fingerprint density at radius 2 is 1.95 bits per heavy atom. The molecule has 6 nitrogen and oxygen atoms in total. The first kappa shape index (κ1) is 16.3. The van der Waals surface area contributed by atoms with E-state index in [4.69, 9.17) is 5.73 Å². The lowest BCUT2D eigenvalue weighted by Crippen LogP contribution is -2.38. The largest absolute Gasteiger partial charge is 0.394 e. The molecular weight excluding hydrogens is 254 g/mol. The van der Waals surface area contributed by atoms with Crippen LogP contribution in [0, 0.1) is 0 Å². The first-order valence-electron chi connectivity index (χ1n) is 7.18. The minimum absolute atomic E-state index is 0.0658. The number of rotatable bonds is 7. The van der Waals surface area contributed by atoms with E-state index in [-0.39, 0.29) is 5.91 Å². The molecule has 0 unspecified atom stereocenters. The third-order valence-electron chi connectivity index (χ3n) is 3.23. The number of nitrogens with two attached hydrogens (primary N) is 1. The Hall–Kier alpha value is -1.72. The van der Waals surface area contributed by atoms with E-state index in [2.05, 4.69) is 18.9 Å². The lowest BCUT2D eigenvalue weighted by molar-refractivity contribution is -0.127. The molecule has 0 aromatic carbocycles. The Bertz CT molecular complexity index is 453. The summed E-state index contributed by atoms with van der Waals surface area (Å²) >= 11 is 0. The highest BCUT2D eigenvalue weighted by molar-refractivity contribution is 5.82. The molecule has 0 spiro atoms. The van der Waals surface area contributed by atoms with Crippen LogP contribution in [0.2, 0.25) is 0 Å². The number of carbonyl (C=O) groups excluding carboxylic acids is 1. The molecule has 6 heteroatoms. The number of hydrogen-bond acceptors (Lipinski definition) is 4. The molecule has 1 amide bonds. The maximum atomic E-state index is 12.0. The maximum absolute atomic E-state index is 12.0. The maximum Gasteiger partial charge on any atom is 0.241 e. The Morgan fingerprint density at radius 1 is 1.30 bits per heavy atom. The van der Waals surface area contributed by atoms with Crippen molar-refractivity contribution >= 4 is 17.4 Å². The number of aromatic nitrogens is 2. The summed E-state index contributed by atoms with van der Waals surface area (Å²) in [4.78, 5) is 15.6. The SMILES string of the molecule is CCCc1nn(C)c(N(CCC)CC(=O)N(C)C)c1N. The van der Waals surface area contributed by atoms with Crippen LogP contribution in [0.25, 0.3) is 0 Å². The van der Waals surface area contributed by atoms with Gasteiger partial charge in [-0.1, -0.05) is 20.3 Å². The molecule has 0 atom stereocenters. The molecule has 0 aliphatic heterocycles. The number of anilines is 2. The molecule has 0 aliphatic carbocycles. The van der Waals surface area contributed by atoms with Crippen LogP contribution in [0.5, 0.6) is 0 Å². The zero-order valence-electron chi connectivity index (χ0n) is 13.3. The van der Waals surface area contributed by atoms with E-state index in [1.165, 1.54) is 0 Å². The van der Waals surface area contributed by atoms with Crippen molar-refractivity contribution in [2.45, 2.75) is 33.1 Å². The number of carbonyl (C=O) groups is 1. The van der Waals surface area contributed by atoms with Gasteiger partial charge >= 0.3 is 0 Å². The van der Waals surface area contributed by atoms with Crippen molar-refractivity contribution in [3.05, 3.63) is 5.69 Å². The zero-order valence-corrected chi connectivity index (χ0v) is 13.3. The molecule has 0 saturated heterocycles. The summed E-state index contributed by atoms with van der Waals surface area (Å²) in [5.74, 6) is 0.918. The van der Waals surface area contributed by atoms with E-state index in [1.807, 2.05) is 11.9 Å². The summed E-state index contributed by atoms with van der Waals surface area (Å²) < 4.78 is 1.79. The van der Waals surface area contributed by atoms with E-state index in [0.717, 1.165) is 37.3 Å². The topological polar surface area (TPSA) is 67.4 Å². The Kier molecular flexibility index (Phi) is 5.85. The molecule has 1 rings (SSSR count). The standard InChI is InChI=1S/C14H27N5O/c1-6-8-11-13(15)14(18(5)16-11)19(9-7-2)10-12(20)17(3)4/h6-10,15H2,1-5H3. The van der Waals surface area contributed by atoms with Crippen molar-refractivity contribution in [1.29, 1.82) is 0 Å². The lowest BCUT2D eigenvalue weighted by Gasteiger charge is -2.25. The monoisotopic (exact) mass is 281 g/mol. The molecule has 20 heavy (non-hydrogen) atoms. The van der Waals surface area contributed by atoms with Crippen molar-refractivity contribution in [2.24, 2.45) is 7.05 Å². The summed E-state index contributed by atoms with van der Waals surface area (Å²) in [5.41, 5.74) is 7.85. The highest BCUT2D eigenvalue weighted by Gasteiger charge is 2.21. The van der Waals surface area contributed by atoms with E-state index < -0.39 is 0 Å². The third kappa shape index (κ3) is 3.65. The first-order chi connectivity index (χ1) is 9.42. The minimum Gasteiger partial charge on any atom is -0.394 e. The zero-order chi connectivity index (χ0) is 15.3. The Morgan fingerprint density at radius 3 is 2.45 bits per heavy atom. The van der Waals surface area contributed by atoms with E-state index in [0.29, 0.717) is 12.2 Å². The van der Waals surface area contributed by atoms with Crippen molar-refractivity contribution in [2.75, 3.05) is 37.8 Å². The number of nitrogen functional groups attached to an aromatic ring is 1. The molecule has 0 radical (unpaired) electrons. The van der Waals surface area contributed by atoms with Crippen LogP contribution >= 0.6 is 0 Å². The van der Waals surface area contributed by atoms with Gasteiger partial charge in [0.1, 0.15) is 0 Å². The van der Waals surface area contributed by atoms with Gasteiger partial charge in [0.2, 0.25) is 5.91 Å². The number of aryl methyl sites for hydroxylation is 2. The van der Waals surface area contributed by atoms with Gasteiger partial charge in [0.05, 0.1) is 17.9 Å². The second-order valence-electron chi connectivity index (χ2n) is 5.27. The quantitative estimate of drug-likeness (QED) is 0.817. The van der Waals surface area contributed by atoms with Gasteiger partial charge in [0.15, 0.2) is 5.82 Å². The highest BCUT2D eigenvalue weighted by atomic mass is 16.2. The van der Waals surface area contributed by atoms with Crippen LogP contribution < -0.4 is 10.6 Å².